The topological polar surface area (TPSA) is 57.9 Å². The second-order valence-corrected chi connectivity index (χ2v) is 8.19. The van der Waals surface area contributed by atoms with Crippen molar-refractivity contribution in [3.63, 3.8) is 0 Å². The molecule has 2 aliphatic heterocycles. The maximum Gasteiger partial charge on any atom is 0.343 e. The number of methoxy groups -OCH3 is 1. The summed E-state index contributed by atoms with van der Waals surface area (Å²) in [4.78, 5) is 13.1. The highest BCUT2D eigenvalue weighted by Crippen LogP contribution is 2.55. The van der Waals surface area contributed by atoms with Gasteiger partial charge in [-0.25, -0.2) is 4.79 Å². The Bertz CT molecular complexity index is 1390. The average Bonchev–Trinajstić information content (AvgIpc) is 2.79. The second-order valence-electron chi connectivity index (χ2n) is 7.75. The molecule has 0 radical (unpaired) electrons. The van der Waals surface area contributed by atoms with E-state index in [0.717, 1.165) is 16.9 Å². The van der Waals surface area contributed by atoms with Gasteiger partial charge in [-0.1, -0.05) is 29.8 Å². The predicted molar refractivity (Wildman–Crippen MR) is 116 cm³/mol. The molecule has 0 fully saturated rings. The largest absolute Gasteiger partial charge is 0.497 e. The van der Waals surface area contributed by atoms with Crippen molar-refractivity contribution in [2.75, 3.05) is 7.11 Å². The fourth-order valence-corrected chi connectivity index (χ4v) is 4.77. The van der Waals surface area contributed by atoms with Gasteiger partial charge in [-0.3, -0.25) is 0 Å². The maximum absolute atomic E-state index is 13.1. The van der Waals surface area contributed by atoms with E-state index >= 15 is 0 Å². The minimum atomic E-state index is -1.10. The minimum Gasteiger partial charge on any atom is -0.497 e. The third kappa shape index (κ3) is 2.66. The normalized spacial score (nSPS) is 20.9. The Morgan fingerprint density at radius 1 is 1.03 bits per heavy atom. The number of halogens is 1. The quantitative estimate of drug-likeness (QED) is 0.385. The van der Waals surface area contributed by atoms with E-state index in [1.807, 2.05) is 48.5 Å². The van der Waals surface area contributed by atoms with Crippen LogP contribution in [-0.2, 0) is 5.79 Å². The van der Waals surface area contributed by atoms with Crippen LogP contribution in [0.3, 0.4) is 0 Å². The molecule has 2 atom stereocenters. The molecule has 0 amide bonds. The highest BCUT2D eigenvalue weighted by atomic mass is 35.5. The van der Waals surface area contributed by atoms with Gasteiger partial charge in [0.1, 0.15) is 22.8 Å². The Balaban J connectivity index is 1.66. The lowest BCUT2D eigenvalue weighted by Crippen LogP contribution is -2.48. The number of rotatable bonds is 2. The molecule has 5 nitrogen and oxygen atoms in total. The fourth-order valence-electron chi connectivity index (χ4n) is 4.60. The first kappa shape index (κ1) is 18.3. The molecule has 0 saturated heterocycles. The molecule has 154 valence electrons. The van der Waals surface area contributed by atoms with Gasteiger partial charge >= 0.3 is 5.63 Å². The highest BCUT2D eigenvalue weighted by molar-refractivity contribution is 6.31. The highest BCUT2D eigenvalue weighted by Gasteiger charge is 2.51. The Kier molecular flexibility index (Phi) is 3.86. The van der Waals surface area contributed by atoms with E-state index in [-0.39, 0.29) is 5.92 Å². The van der Waals surface area contributed by atoms with E-state index < -0.39 is 11.4 Å². The summed E-state index contributed by atoms with van der Waals surface area (Å²) in [7, 11) is 1.62. The summed E-state index contributed by atoms with van der Waals surface area (Å²) in [6, 6.07) is 20.4. The van der Waals surface area contributed by atoms with Crippen LogP contribution in [-0.4, -0.2) is 7.11 Å². The van der Waals surface area contributed by atoms with E-state index in [1.54, 1.807) is 25.3 Å². The third-order valence-electron chi connectivity index (χ3n) is 6.04. The molecule has 31 heavy (non-hydrogen) atoms. The summed E-state index contributed by atoms with van der Waals surface area (Å²) in [6.45, 7) is 0. The standard InChI is InChI=1S/C25H17ClO5/c1-28-16-9-6-14(7-10-16)25-13-19(17-4-2-3-5-21(17)30-25)22-23(31-25)18-12-15(26)8-11-20(18)29-24(22)27/h2-12,19H,13H2,1H3. The van der Waals surface area contributed by atoms with Crippen molar-refractivity contribution < 1.29 is 18.6 Å². The summed E-state index contributed by atoms with van der Waals surface area (Å²) >= 11 is 6.27. The molecular formula is C25H17ClO5. The molecule has 6 rings (SSSR count). The fraction of sp³-hybridized carbons (Fsp3) is 0.160. The first-order chi connectivity index (χ1) is 15.1. The SMILES string of the molecule is COc1ccc(C23CC(c4ccccc4O2)c2c(c4cc(Cl)ccc4oc2=O)O3)cc1. The molecule has 2 bridgehead atoms. The maximum atomic E-state index is 13.1. The first-order valence-electron chi connectivity index (χ1n) is 9.96. The van der Waals surface area contributed by atoms with Gasteiger partial charge in [0, 0.05) is 28.5 Å². The van der Waals surface area contributed by atoms with Gasteiger partial charge in [-0.2, -0.15) is 0 Å². The summed E-state index contributed by atoms with van der Waals surface area (Å²) in [5.74, 6) is 0.542. The summed E-state index contributed by atoms with van der Waals surface area (Å²) in [5, 5.41) is 1.18. The predicted octanol–water partition coefficient (Wildman–Crippen LogP) is 5.61. The first-order valence-corrected chi connectivity index (χ1v) is 10.3. The summed E-state index contributed by atoms with van der Waals surface area (Å²) in [5.41, 5.74) is 2.28. The summed E-state index contributed by atoms with van der Waals surface area (Å²) < 4.78 is 24.0. The monoisotopic (exact) mass is 432 g/mol. The van der Waals surface area contributed by atoms with E-state index in [2.05, 4.69) is 0 Å². The van der Waals surface area contributed by atoms with Gasteiger partial charge in [0.25, 0.3) is 5.79 Å². The number of ether oxygens (including phenoxy) is 3. The van der Waals surface area contributed by atoms with E-state index in [4.69, 9.17) is 30.2 Å². The van der Waals surface area contributed by atoms with Crippen molar-refractivity contribution in [3.05, 3.63) is 98.9 Å². The van der Waals surface area contributed by atoms with Crippen LogP contribution in [0, 0.1) is 0 Å². The molecule has 0 N–H and O–H groups in total. The number of para-hydroxylation sites is 1. The van der Waals surface area contributed by atoms with Gasteiger partial charge < -0.3 is 18.6 Å². The van der Waals surface area contributed by atoms with Crippen LogP contribution in [0.2, 0.25) is 5.02 Å². The molecule has 4 aromatic rings. The lowest BCUT2D eigenvalue weighted by atomic mass is 9.78. The Labute approximate surface area is 182 Å². The van der Waals surface area contributed by atoms with Gasteiger partial charge in [0.05, 0.1) is 18.1 Å². The molecule has 0 spiro atoms. The molecule has 3 heterocycles. The van der Waals surface area contributed by atoms with E-state index in [1.165, 1.54) is 0 Å². The Morgan fingerprint density at radius 2 is 1.84 bits per heavy atom. The smallest absolute Gasteiger partial charge is 0.343 e. The Morgan fingerprint density at radius 3 is 2.65 bits per heavy atom. The number of hydrogen-bond donors (Lipinski definition) is 0. The molecule has 2 aliphatic rings. The van der Waals surface area contributed by atoms with Crippen LogP contribution >= 0.6 is 11.6 Å². The average molecular weight is 433 g/mol. The molecule has 0 saturated carbocycles. The number of hydrogen-bond acceptors (Lipinski definition) is 5. The van der Waals surface area contributed by atoms with Crippen LogP contribution < -0.4 is 19.8 Å². The summed E-state index contributed by atoms with van der Waals surface area (Å²) in [6.07, 6.45) is 0.445. The zero-order valence-corrected chi connectivity index (χ0v) is 17.3. The third-order valence-corrected chi connectivity index (χ3v) is 6.28. The lowest BCUT2D eigenvalue weighted by Gasteiger charge is -2.46. The second kappa shape index (κ2) is 6.53. The van der Waals surface area contributed by atoms with Crippen molar-refractivity contribution in [1.82, 2.24) is 0 Å². The van der Waals surface area contributed by atoms with Crippen molar-refractivity contribution in [3.8, 4) is 17.2 Å². The zero-order valence-electron chi connectivity index (χ0n) is 16.6. The molecule has 1 aromatic heterocycles. The molecule has 0 aliphatic carbocycles. The molecule has 6 heteroatoms. The van der Waals surface area contributed by atoms with Crippen molar-refractivity contribution in [2.45, 2.75) is 18.1 Å². The molecule has 2 unspecified atom stereocenters. The van der Waals surface area contributed by atoms with Gasteiger partial charge in [-0.15, -0.1) is 0 Å². The van der Waals surface area contributed by atoms with Gasteiger partial charge in [0.2, 0.25) is 0 Å². The zero-order chi connectivity index (χ0) is 21.2. The Hall–Kier alpha value is -3.44. The van der Waals surface area contributed by atoms with Crippen molar-refractivity contribution in [2.24, 2.45) is 0 Å². The van der Waals surface area contributed by atoms with Gasteiger partial charge in [0.15, 0.2) is 0 Å². The number of fused-ring (bicyclic) bond motifs is 8. The molecular weight excluding hydrogens is 416 g/mol. The number of benzene rings is 3. The van der Waals surface area contributed by atoms with Crippen LogP contribution in [0.25, 0.3) is 11.0 Å². The van der Waals surface area contributed by atoms with Crippen LogP contribution in [0.4, 0.5) is 0 Å². The van der Waals surface area contributed by atoms with Crippen LogP contribution in [0.15, 0.2) is 75.9 Å². The van der Waals surface area contributed by atoms with E-state index in [0.29, 0.717) is 39.5 Å². The van der Waals surface area contributed by atoms with Gasteiger partial charge in [-0.05, 0) is 48.5 Å². The van der Waals surface area contributed by atoms with Crippen LogP contribution in [0.5, 0.6) is 17.2 Å². The van der Waals surface area contributed by atoms with Crippen molar-refractivity contribution >= 4 is 22.6 Å². The minimum absolute atomic E-state index is 0.240. The molecule has 3 aromatic carbocycles. The van der Waals surface area contributed by atoms with E-state index in [9.17, 15) is 4.79 Å². The lowest BCUT2D eigenvalue weighted by molar-refractivity contribution is -0.148. The van der Waals surface area contributed by atoms with Crippen LogP contribution in [0.1, 0.15) is 29.0 Å². The van der Waals surface area contributed by atoms with Crippen molar-refractivity contribution in [1.29, 1.82) is 0 Å².